The number of hydrogen-bond acceptors (Lipinski definition) is 7. The van der Waals surface area contributed by atoms with Crippen LogP contribution in [0.25, 0.3) is 0 Å². The van der Waals surface area contributed by atoms with Crippen LogP contribution in [0.1, 0.15) is 48.4 Å². The molecule has 178 valence electrons. The zero-order chi connectivity index (χ0) is 24.1. The maximum absolute atomic E-state index is 12.3. The van der Waals surface area contributed by atoms with Crippen molar-refractivity contribution < 1.29 is 28.8 Å². The van der Waals surface area contributed by atoms with E-state index in [-0.39, 0.29) is 35.3 Å². The van der Waals surface area contributed by atoms with Gasteiger partial charge in [0.15, 0.2) is 0 Å². The van der Waals surface area contributed by atoms with Crippen LogP contribution in [0.2, 0.25) is 0 Å². The molecule has 0 aliphatic carbocycles. The third-order valence-electron chi connectivity index (χ3n) is 5.86. The summed E-state index contributed by atoms with van der Waals surface area (Å²) >= 11 is 0. The van der Waals surface area contributed by atoms with E-state index in [1.54, 1.807) is 39.8 Å². The normalized spacial score (nSPS) is 12.1. The summed E-state index contributed by atoms with van der Waals surface area (Å²) in [6.45, 7) is 8.37. The van der Waals surface area contributed by atoms with Crippen molar-refractivity contribution >= 4 is 10.0 Å². The molecule has 2 aromatic rings. The molecule has 0 radical (unpaired) electrons. The highest BCUT2D eigenvalue weighted by Gasteiger charge is 2.24. The molecular formula is C23H34N2O6S. The lowest BCUT2D eigenvalue weighted by Gasteiger charge is -2.23. The topological polar surface area (TPSA) is 130 Å². The molecule has 0 saturated carbocycles. The highest BCUT2D eigenvalue weighted by atomic mass is 32.2. The van der Waals surface area contributed by atoms with E-state index in [1.807, 2.05) is 0 Å². The molecule has 2 rings (SSSR count). The Morgan fingerprint density at radius 1 is 0.844 bits per heavy atom. The van der Waals surface area contributed by atoms with Crippen molar-refractivity contribution in [3.8, 4) is 23.0 Å². The van der Waals surface area contributed by atoms with Gasteiger partial charge in [-0.15, -0.1) is 0 Å². The molecule has 32 heavy (non-hydrogen) atoms. The Hall–Kier alpha value is -2.49. The molecule has 0 amide bonds. The molecule has 9 heteroatoms. The number of nitrogens with zero attached hydrogens (tertiary/aromatic N) is 1. The minimum Gasteiger partial charge on any atom is -0.508 e. The first-order chi connectivity index (χ1) is 15.0. The molecule has 0 aliphatic rings. The fourth-order valence-corrected chi connectivity index (χ4v) is 5.23. The van der Waals surface area contributed by atoms with Gasteiger partial charge in [-0.2, -0.15) is 0 Å². The number of hydrogen-bond donors (Lipinski definition) is 5. The number of sulfonamides is 1. The van der Waals surface area contributed by atoms with Crippen molar-refractivity contribution in [1.82, 2.24) is 9.62 Å². The van der Waals surface area contributed by atoms with Crippen LogP contribution in [0.5, 0.6) is 23.0 Å². The van der Waals surface area contributed by atoms with Crippen molar-refractivity contribution in [2.24, 2.45) is 0 Å². The van der Waals surface area contributed by atoms with E-state index in [0.29, 0.717) is 48.3 Å². The molecule has 0 heterocycles. The molecular weight excluding hydrogens is 432 g/mol. The van der Waals surface area contributed by atoms with Crippen LogP contribution in [-0.2, 0) is 10.0 Å². The molecule has 0 atom stereocenters. The van der Waals surface area contributed by atoms with Gasteiger partial charge in [-0.3, -0.25) is 0 Å². The second-order valence-electron chi connectivity index (χ2n) is 7.79. The van der Waals surface area contributed by atoms with Gasteiger partial charge in [0.1, 0.15) is 23.0 Å². The number of benzene rings is 2. The van der Waals surface area contributed by atoms with Crippen molar-refractivity contribution in [3.05, 3.63) is 46.5 Å². The van der Waals surface area contributed by atoms with Crippen molar-refractivity contribution in [1.29, 1.82) is 0 Å². The van der Waals surface area contributed by atoms with Crippen LogP contribution >= 0.6 is 0 Å². The van der Waals surface area contributed by atoms with Crippen LogP contribution in [0.4, 0.5) is 0 Å². The summed E-state index contributed by atoms with van der Waals surface area (Å²) in [5.74, 6) is -0.660. The van der Waals surface area contributed by atoms with E-state index in [0.717, 1.165) is 0 Å². The Labute approximate surface area is 190 Å². The van der Waals surface area contributed by atoms with Gasteiger partial charge in [0.05, 0.1) is 5.75 Å². The zero-order valence-electron chi connectivity index (χ0n) is 19.1. The molecule has 0 unspecified atom stereocenters. The largest absolute Gasteiger partial charge is 0.508 e. The van der Waals surface area contributed by atoms with Gasteiger partial charge in [-0.1, -0.05) is 26.0 Å². The minimum absolute atomic E-state index is 0.0213. The lowest BCUT2D eigenvalue weighted by atomic mass is 9.85. The van der Waals surface area contributed by atoms with E-state index in [9.17, 15) is 28.8 Å². The average Bonchev–Trinajstić information content (AvgIpc) is 2.75. The van der Waals surface area contributed by atoms with Crippen molar-refractivity contribution in [2.45, 2.75) is 40.0 Å². The lowest BCUT2D eigenvalue weighted by molar-refractivity contribution is 0.426. The smallest absolute Gasteiger partial charge is 0.215 e. The quantitative estimate of drug-likeness (QED) is 0.322. The number of phenolic OH excluding ortho intramolecular Hbond substituents is 4. The minimum atomic E-state index is -3.33. The van der Waals surface area contributed by atoms with E-state index >= 15 is 0 Å². The summed E-state index contributed by atoms with van der Waals surface area (Å²) in [5, 5.41) is 44.3. The summed E-state index contributed by atoms with van der Waals surface area (Å²) in [4.78, 5) is 0. The van der Waals surface area contributed by atoms with E-state index < -0.39 is 15.9 Å². The van der Waals surface area contributed by atoms with Crippen LogP contribution in [-0.4, -0.2) is 65.1 Å². The summed E-state index contributed by atoms with van der Waals surface area (Å²) in [6, 6.07) is 6.20. The lowest BCUT2D eigenvalue weighted by Crippen LogP contribution is -2.36. The van der Waals surface area contributed by atoms with Gasteiger partial charge < -0.3 is 25.7 Å². The SMILES string of the molecule is CCN(CC)S(=O)(=O)CCNCCC(c1ccc(O)c(C)c1O)c1ccc(O)c(C)c1O. The monoisotopic (exact) mass is 466 g/mol. The van der Waals surface area contributed by atoms with E-state index in [1.165, 1.54) is 16.4 Å². The van der Waals surface area contributed by atoms with Gasteiger partial charge in [-0.25, -0.2) is 12.7 Å². The van der Waals surface area contributed by atoms with Gasteiger partial charge in [-0.05, 0) is 38.9 Å². The first kappa shape index (κ1) is 25.8. The number of rotatable bonds is 11. The van der Waals surface area contributed by atoms with Crippen LogP contribution in [0, 0.1) is 13.8 Å². The van der Waals surface area contributed by atoms with Crippen LogP contribution in [0.15, 0.2) is 24.3 Å². The fourth-order valence-electron chi connectivity index (χ4n) is 3.78. The Morgan fingerprint density at radius 2 is 1.31 bits per heavy atom. The average molecular weight is 467 g/mol. The molecule has 2 aromatic carbocycles. The Balaban J connectivity index is 2.23. The molecule has 0 aromatic heterocycles. The molecule has 0 bridgehead atoms. The maximum Gasteiger partial charge on any atom is 0.215 e. The van der Waals surface area contributed by atoms with E-state index in [4.69, 9.17) is 0 Å². The molecule has 0 fully saturated rings. The third-order valence-corrected chi connectivity index (χ3v) is 7.89. The number of nitrogens with one attached hydrogen (secondary N) is 1. The van der Waals surface area contributed by atoms with Gasteiger partial charge in [0.25, 0.3) is 0 Å². The third kappa shape index (κ3) is 5.65. The predicted molar refractivity (Wildman–Crippen MR) is 125 cm³/mol. The Morgan fingerprint density at radius 3 is 1.75 bits per heavy atom. The Bertz CT molecular complexity index is 978. The number of phenols is 4. The van der Waals surface area contributed by atoms with Crippen molar-refractivity contribution in [3.63, 3.8) is 0 Å². The molecule has 0 saturated heterocycles. The van der Waals surface area contributed by atoms with Gasteiger partial charge >= 0.3 is 0 Å². The summed E-state index contributed by atoms with van der Waals surface area (Å²) < 4.78 is 26.1. The van der Waals surface area contributed by atoms with Gasteiger partial charge in [0.2, 0.25) is 10.0 Å². The fraction of sp³-hybridized carbons (Fsp3) is 0.478. The second kappa shape index (κ2) is 10.9. The molecule has 5 N–H and O–H groups in total. The molecule has 0 aliphatic heterocycles. The van der Waals surface area contributed by atoms with Gasteiger partial charge in [0, 0.05) is 47.8 Å². The zero-order valence-corrected chi connectivity index (χ0v) is 19.9. The number of aromatic hydroxyl groups is 4. The molecule has 8 nitrogen and oxygen atoms in total. The first-order valence-electron chi connectivity index (χ1n) is 10.8. The summed E-state index contributed by atoms with van der Waals surface area (Å²) in [7, 11) is -3.33. The second-order valence-corrected chi connectivity index (χ2v) is 9.88. The maximum atomic E-state index is 12.3. The first-order valence-corrected chi connectivity index (χ1v) is 12.4. The molecule has 0 spiro atoms. The predicted octanol–water partition coefficient (Wildman–Crippen LogP) is 2.91. The van der Waals surface area contributed by atoms with Crippen molar-refractivity contribution in [2.75, 3.05) is 31.9 Å². The van der Waals surface area contributed by atoms with E-state index in [2.05, 4.69) is 5.32 Å². The highest BCUT2D eigenvalue weighted by Crippen LogP contribution is 2.43. The van der Waals surface area contributed by atoms with Crippen LogP contribution in [0.3, 0.4) is 0 Å². The summed E-state index contributed by atoms with van der Waals surface area (Å²) in [6.07, 6.45) is 0.445. The Kier molecular flexibility index (Phi) is 8.77. The summed E-state index contributed by atoms with van der Waals surface area (Å²) in [5.41, 5.74) is 1.72. The van der Waals surface area contributed by atoms with Crippen LogP contribution < -0.4 is 5.32 Å². The highest BCUT2D eigenvalue weighted by molar-refractivity contribution is 7.89. The standard InChI is InChI=1S/C23H34N2O6S/c1-5-25(6-2)32(30,31)14-13-24-12-11-17(18-7-9-20(26)15(3)22(18)28)19-8-10-21(27)16(4)23(19)29/h7-10,17,24,26-29H,5-6,11-14H2,1-4H3.